The molecule has 1 heterocycles. The van der Waals surface area contributed by atoms with Gasteiger partial charge in [0.05, 0.1) is 10.9 Å². The molecule has 0 bridgehead atoms. The second kappa shape index (κ2) is 8.44. The first-order valence-electron chi connectivity index (χ1n) is 9.41. The van der Waals surface area contributed by atoms with Gasteiger partial charge in [-0.1, -0.05) is 18.2 Å². The largest absolute Gasteiger partial charge is 0.383 e. The minimum atomic E-state index is -3.95. The molecule has 0 aromatic heterocycles. The van der Waals surface area contributed by atoms with Gasteiger partial charge >= 0.3 is 0 Å². The maximum atomic E-state index is 12.9. The van der Waals surface area contributed by atoms with Gasteiger partial charge in [0, 0.05) is 18.7 Å². The fourth-order valence-electron chi connectivity index (χ4n) is 3.46. The molecule has 1 aliphatic heterocycles. The van der Waals surface area contributed by atoms with E-state index in [2.05, 4.69) is 9.30 Å². The highest BCUT2D eigenvalue weighted by Crippen LogP contribution is 2.23. The fraction of sp³-hybridized carbons (Fsp3) is 0.333. The summed E-state index contributed by atoms with van der Waals surface area (Å²) < 4.78 is 29.6. The van der Waals surface area contributed by atoms with E-state index in [0.29, 0.717) is 24.8 Å². The number of hydrogen-bond donors (Lipinski definition) is 2. The van der Waals surface area contributed by atoms with Crippen LogP contribution in [0, 0.1) is 6.92 Å². The number of carbonyl (C=O) groups is 1. The maximum absolute atomic E-state index is 12.9. The highest BCUT2D eigenvalue weighted by atomic mass is 32.2. The number of likely N-dealkylation sites (N-methyl/N-ethyl adjacent to an activating group) is 1. The third-order valence-electron chi connectivity index (χ3n) is 5.12. The van der Waals surface area contributed by atoms with Crippen LogP contribution in [-0.2, 0) is 34.2 Å². The molecular formula is C21H26N4O3S. The smallest absolute Gasteiger partial charge is 0.284 e. The summed E-state index contributed by atoms with van der Waals surface area (Å²) in [7, 11) is -1.95. The van der Waals surface area contributed by atoms with Crippen molar-refractivity contribution in [2.45, 2.75) is 37.2 Å². The zero-order valence-corrected chi connectivity index (χ0v) is 17.4. The number of carbonyl (C=O) groups excluding carboxylic acids is 1. The average molecular weight is 415 g/mol. The molecular weight excluding hydrogens is 388 g/mol. The highest BCUT2D eigenvalue weighted by molar-refractivity contribution is 7.90. The molecule has 0 saturated carbocycles. The molecule has 0 amide bonds. The number of nitrogens with two attached hydrogens (primary N) is 2. The third kappa shape index (κ3) is 4.90. The standard InChI is InChI=1S/C21H26N4O3S/c1-14-3-4-15(9-18(22)13-26)10-20(14)21(23)24-29(27,28)19-6-5-16-7-8-25(2)12-17(16)11-19/h3-6,10-11,13,18H,7-9,12,22H2,1-2H3,(H2,23,24)/t18-/m0/s1. The molecule has 29 heavy (non-hydrogen) atoms. The molecule has 1 aliphatic rings. The first kappa shape index (κ1) is 21.2. The molecule has 2 aromatic carbocycles. The molecule has 1 atom stereocenters. The lowest BCUT2D eigenvalue weighted by atomic mass is 10.0. The zero-order chi connectivity index (χ0) is 21.2. The Balaban J connectivity index is 1.94. The highest BCUT2D eigenvalue weighted by Gasteiger charge is 2.20. The van der Waals surface area contributed by atoms with Crippen LogP contribution in [0.5, 0.6) is 0 Å². The van der Waals surface area contributed by atoms with Crippen molar-refractivity contribution in [3.8, 4) is 0 Å². The molecule has 7 nitrogen and oxygen atoms in total. The van der Waals surface area contributed by atoms with Crippen LogP contribution in [-0.4, -0.2) is 45.1 Å². The first-order valence-corrected chi connectivity index (χ1v) is 10.8. The van der Waals surface area contributed by atoms with E-state index < -0.39 is 16.1 Å². The molecule has 8 heteroatoms. The van der Waals surface area contributed by atoms with Crippen LogP contribution in [0.25, 0.3) is 0 Å². The van der Waals surface area contributed by atoms with E-state index in [0.717, 1.165) is 35.2 Å². The number of sulfonamides is 1. The summed E-state index contributed by atoms with van der Waals surface area (Å²) in [5, 5.41) is 0. The molecule has 3 rings (SSSR count). The summed E-state index contributed by atoms with van der Waals surface area (Å²) in [6.45, 7) is 3.48. The van der Waals surface area contributed by atoms with E-state index in [-0.39, 0.29) is 10.7 Å². The SMILES string of the molecule is Cc1ccc(C[C@H](N)C=O)cc1C(N)=NS(=O)(=O)c1ccc2c(c1)CN(C)CC2. The van der Waals surface area contributed by atoms with Gasteiger partial charge < -0.3 is 21.2 Å². The maximum Gasteiger partial charge on any atom is 0.284 e. The minimum absolute atomic E-state index is 0.0844. The van der Waals surface area contributed by atoms with E-state index in [1.54, 1.807) is 18.2 Å². The number of fused-ring (bicyclic) bond motifs is 1. The van der Waals surface area contributed by atoms with Gasteiger partial charge in [0.25, 0.3) is 10.0 Å². The van der Waals surface area contributed by atoms with Crippen molar-refractivity contribution in [2.24, 2.45) is 15.9 Å². The number of benzene rings is 2. The Hall–Kier alpha value is -2.55. The van der Waals surface area contributed by atoms with Gasteiger partial charge in [0.15, 0.2) is 0 Å². The van der Waals surface area contributed by atoms with E-state index in [9.17, 15) is 13.2 Å². The molecule has 2 aromatic rings. The number of aldehydes is 1. The van der Waals surface area contributed by atoms with Gasteiger partial charge in [-0.3, -0.25) is 0 Å². The Kier molecular flexibility index (Phi) is 6.16. The van der Waals surface area contributed by atoms with Crippen molar-refractivity contribution < 1.29 is 13.2 Å². The van der Waals surface area contributed by atoms with Gasteiger partial charge in [0.2, 0.25) is 0 Å². The first-order chi connectivity index (χ1) is 13.7. The lowest BCUT2D eigenvalue weighted by molar-refractivity contribution is -0.108. The second-order valence-electron chi connectivity index (χ2n) is 7.52. The lowest BCUT2D eigenvalue weighted by Gasteiger charge is -2.25. The molecule has 0 unspecified atom stereocenters. The summed E-state index contributed by atoms with van der Waals surface area (Å²) >= 11 is 0. The molecule has 0 spiro atoms. The van der Waals surface area contributed by atoms with E-state index in [1.807, 2.05) is 32.2 Å². The topological polar surface area (TPSA) is 119 Å². The second-order valence-corrected chi connectivity index (χ2v) is 9.13. The van der Waals surface area contributed by atoms with Crippen molar-refractivity contribution in [3.05, 3.63) is 64.2 Å². The molecule has 154 valence electrons. The minimum Gasteiger partial charge on any atom is -0.383 e. The number of hydrogen-bond acceptors (Lipinski definition) is 5. The zero-order valence-electron chi connectivity index (χ0n) is 16.6. The van der Waals surface area contributed by atoms with Gasteiger partial charge in [-0.15, -0.1) is 4.40 Å². The number of amidine groups is 1. The fourth-order valence-corrected chi connectivity index (χ4v) is 4.45. The Bertz CT molecular complexity index is 1060. The third-order valence-corrected chi connectivity index (χ3v) is 6.41. The van der Waals surface area contributed by atoms with Gasteiger partial charge in [-0.05, 0) is 67.3 Å². The predicted octanol–water partition coefficient (Wildman–Crippen LogP) is 1.15. The summed E-state index contributed by atoms with van der Waals surface area (Å²) in [5.74, 6) is -0.0844. The molecule has 0 fully saturated rings. The predicted molar refractivity (Wildman–Crippen MR) is 113 cm³/mol. The van der Waals surface area contributed by atoms with Gasteiger partial charge in [-0.25, -0.2) is 0 Å². The van der Waals surface area contributed by atoms with Crippen molar-refractivity contribution in [2.75, 3.05) is 13.6 Å². The summed E-state index contributed by atoms with van der Waals surface area (Å²) in [6, 6.07) is 9.88. The lowest BCUT2D eigenvalue weighted by Crippen LogP contribution is -2.26. The monoisotopic (exact) mass is 414 g/mol. The summed E-state index contributed by atoms with van der Waals surface area (Å²) in [4.78, 5) is 13.1. The molecule has 0 aliphatic carbocycles. The van der Waals surface area contributed by atoms with Gasteiger partial charge in [-0.2, -0.15) is 8.42 Å². The van der Waals surface area contributed by atoms with Crippen LogP contribution in [0.3, 0.4) is 0 Å². The normalized spacial score (nSPS) is 16.3. The van der Waals surface area contributed by atoms with E-state index >= 15 is 0 Å². The van der Waals surface area contributed by atoms with Crippen molar-refractivity contribution in [1.29, 1.82) is 0 Å². The molecule has 0 radical (unpaired) electrons. The van der Waals surface area contributed by atoms with Crippen LogP contribution < -0.4 is 11.5 Å². The number of nitrogens with zero attached hydrogens (tertiary/aromatic N) is 2. The van der Waals surface area contributed by atoms with Crippen LogP contribution in [0.4, 0.5) is 0 Å². The van der Waals surface area contributed by atoms with E-state index in [4.69, 9.17) is 11.5 Å². The Morgan fingerprint density at radius 1 is 1.24 bits per heavy atom. The Morgan fingerprint density at radius 2 is 2.00 bits per heavy atom. The Labute approximate surface area is 171 Å². The van der Waals surface area contributed by atoms with Crippen LogP contribution in [0.15, 0.2) is 45.7 Å². The van der Waals surface area contributed by atoms with E-state index in [1.165, 1.54) is 0 Å². The average Bonchev–Trinajstić information content (AvgIpc) is 2.68. The molecule has 4 N–H and O–H groups in total. The van der Waals surface area contributed by atoms with Crippen molar-refractivity contribution >= 4 is 22.1 Å². The summed E-state index contributed by atoms with van der Waals surface area (Å²) in [6.07, 6.45) is 1.91. The van der Waals surface area contributed by atoms with Crippen molar-refractivity contribution in [3.63, 3.8) is 0 Å². The number of aryl methyl sites for hydroxylation is 1. The van der Waals surface area contributed by atoms with Crippen molar-refractivity contribution in [1.82, 2.24) is 4.90 Å². The van der Waals surface area contributed by atoms with Crippen LogP contribution in [0.2, 0.25) is 0 Å². The molecule has 0 saturated heterocycles. The van der Waals surface area contributed by atoms with Gasteiger partial charge in [0.1, 0.15) is 12.1 Å². The summed E-state index contributed by atoms with van der Waals surface area (Å²) in [5.41, 5.74) is 16.0. The quantitative estimate of drug-likeness (QED) is 0.416. The number of rotatable bonds is 6. The van der Waals surface area contributed by atoms with Crippen LogP contribution in [0.1, 0.15) is 27.8 Å². The Morgan fingerprint density at radius 3 is 2.72 bits per heavy atom. The van der Waals surface area contributed by atoms with Crippen LogP contribution >= 0.6 is 0 Å².